The number of ether oxygens (including phenoxy) is 1. The Labute approximate surface area is 125 Å². The zero-order valence-electron chi connectivity index (χ0n) is 11.7. The Morgan fingerprint density at radius 2 is 2.05 bits per heavy atom. The van der Waals surface area contributed by atoms with E-state index in [1.165, 1.54) is 6.07 Å². The fraction of sp³-hybridized carbons (Fsp3) is 0.133. The lowest BCUT2D eigenvalue weighted by Gasteiger charge is -2.11. The number of hydrogen-bond donors (Lipinski definition) is 1. The number of carbonyl (C=O) groups excluding carboxylic acids is 1. The molecule has 0 bridgehead atoms. The Morgan fingerprint density at radius 1 is 1.32 bits per heavy atom. The molecule has 0 aromatic heterocycles. The molecule has 2 aromatic rings. The summed E-state index contributed by atoms with van der Waals surface area (Å²) in [5.41, 5.74) is -0.327. The van der Waals surface area contributed by atoms with Crippen LogP contribution in [0.15, 0.2) is 42.5 Å². The maximum atomic E-state index is 13.3. The quantitative estimate of drug-likeness (QED) is 0.678. The molecule has 1 N–H and O–H groups in total. The van der Waals surface area contributed by atoms with Crippen LogP contribution < -0.4 is 10.1 Å². The standard InChI is InChI=1S/C15H13FN2O4/c1-2-22-14-6-4-3-5-12(14)17-15(19)10-7-8-11(16)13(9-10)18(20)21/h3-9H,2H2,1H3,(H,17,19). The number of nitrogens with zero attached hydrogens (tertiary/aromatic N) is 1. The van der Waals surface area contributed by atoms with Gasteiger partial charge in [-0.15, -0.1) is 0 Å². The van der Waals surface area contributed by atoms with Crippen LogP contribution in [0, 0.1) is 15.9 Å². The van der Waals surface area contributed by atoms with E-state index in [2.05, 4.69) is 5.32 Å². The van der Waals surface area contributed by atoms with E-state index in [1.54, 1.807) is 24.3 Å². The maximum Gasteiger partial charge on any atom is 0.305 e. The van der Waals surface area contributed by atoms with E-state index in [9.17, 15) is 19.3 Å². The molecular formula is C15H13FN2O4. The molecule has 1 amide bonds. The molecule has 0 unspecified atom stereocenters. The van der Waals surface area contributed by atoms with E-state index < -0.39 is 22.3 Å². The number of halogens is 1. The Kier molecular flexibility index (Phi) is 4.67. The predicted octanol–water partition coefficient (Wildman–Crippen LogP) is 3.38. The first-order valence-electron chi connectivity index (χ1n) is 6.50. The highest BCUT2D eigenvalue weighted by atomic mass is 19.1. The van der Waals surface area contributed by atoms with Gasteiger partial charge in [0.2, 0.25) is 5.82 Å². The third-order valence-corrected chi connectivity index (χ3v) is 2.84. The number of rotatable bonds is 5. The van der Waals surface area contributed by atoms with Crippen LogP contribution >= 0.6 is 0 Å². The van der Waals surface area contributed by atoms with Gasteiger partial charge in [0.1, 0.15) is 5.75 Å². The van der Waals surface area contributed by atoms with Crippen molar-refractivity contribution in [1.82, 2.24) is 0 Å². The van der Waals surface area contributed by atoms with E-state index in [1.807, 2.05) is 6.92 Å². The highest BCUT2D eigenvalue weighted by Crippen LogP contribution is 2.25. The van der Waals surface area contributed by atoms with E-state index in [0.717, 1.165) is 12.1 Å². The van der Waals surface area contributed by atoms with Crippen LogP contribution in [0.3, 0.4) is 0 Å². The van der Waals surface area contributed by atoms with Crippen LogP contribution in [0.1, 0.15) is 17.3 Å². The molecule has 0 aliphatic carbocycles. The third-order valence-electron chi connectivity index (χ3n) is 2.84. The van der Waals surface area contributed by atoms with Gasteiger partial charge in [0.05, 0.1) is 17.2 Å². The van der Waals surface area contributed by atoms with Gasteiger partial charge >= 0.3 is 5.69 Å². The van der Waals surface area contributed by atoms with Crippen molar-refractivity contribution in [2.75, 3.05) is 11.9 Å². The first-order chi connectivity index (χ1) is 10.5. The molecule has 0 fully saturated rings. The fourth-order valence-electron chi connectivity index (χ4n) is 1.84. The first-order valence-corrected chi connectivity index (χ1v) is 6.50. The number of amides is 1. The fourth-order valence-corrected chi connectivity index (χ4v) is 1.84. The van der Waals surface area contributed by atoms with Crippen molar-refractivity contribution in [2.45, 2.75) is 6.92 Å². The van der Waals surface area contributed by atoms with Crippen molar-refractivity contribution in [3.63, 3.8) is 0 Å². The summed E-state index contributed by atoms with van der Waals surface area (Å²) in [6.07, 6.45) is 0. The van der Waals surface area contributed by atoms with Crippen molar-refractivity contribution >= 4 is 17.3 Å². The second-order valence-corrected chi connectivity index (χ2v) is 4.31. The van der Waals surface area contributed by atoms with Crippen molar-refractivity contribution in [1.29, 1.82) is 0 Å². The number of anilines is 1. The minimum absolute atomic E-state index is 0.0144. The summed E-state index contributed by atoms with van der Waals surface area (Å²) in [6.45, 7) is 2.23. The molecule has 2 rings (SSSR count). The molecule has 2 aromatic carbocycles. The largest absolute Gasteiger partial charge is 0.492 e. The van der Waals surface area contributed by atoms with Crippen molar-refractivity contribution in [2.24, 2.45) is 0 Å². The van der Waals surface area contributed by atoms with Crippen molar-refractivity contribution in [3.05, 3.63) is 64.0 Å². The van der Waals surface area contributed by atoms with Gasteiger partial charge in [0, 0.05) is 11.6 Å². The van der Waals surface area contributed by atoms with E-state index >= 15 is 0 Å². The summed E-state index contributed by atoms with van der Waals surface area (Å²) in [5, 5.41) is 13.3. The highest BCUT2D eigenvalue weighted by molar-refractivity contribution is 6.05. The first kappa shape index (κ1) is 15.4. The smallest absolute Gasteiger partial charge is 0.305 e. The second-order valence-electron chi connectivity index (χ2n) is 4.31. The molecule has 0 spiro atoms. The summed E-state index contributed by atoms with van der Waals surface area (Å²) in [6, 6.07) is 9.76. The molecule has 6 nitrogen and oxygen atoms in total. The Bertz CT molecular complexity index is 718. The third kappa shape index (κ3) is 3.38. The topological polar surface area (TPSA) is 81.5 Å². The van der Waals surface area contributed by atoms with Gasteiger partial charge in [-0.3, -0.25) is 14.9 Å². The molecule has 0 aliphatic rings. The molecule has 7 heteroatoms. The Balaban J connectivity index is 2.26. The predicted molar refractivity (Wildman–Crippen MR) is 78.6 cm³/mol. The Morgan fingerprint density at radius 3 is 2.73 bits per heavy atom. The van der Waals surface area contributed by atoms with Gasteiger partial charge in [0.15, 0.2) is 0 Å². The van der Waals surface area contributed by atoms with Gasteiger partial charge in [-0.1, -0.05) is 12.1 Å². The molecule has 0 saturated carbocycles. The van der Waals surface area contributed by atoms with Crippen LogP contribution in [0.2, 0.25) is 0 Å². The number of benzene rings is 2. The molecule has 22 heavy (non-hydrogen) atoms. The number of nitro groups is 1. The normalized spacial score (nSPS) is 10.1. The summed E-state index contributed by atoms with van der Waals surface area (Å²) in [7, 11) is 0. The minimum Gasteiger partial charge on any atom is -0.492 e. The number of carbonyl (C=O) groups is 1. The summed E-state index contributed by atoms with van der Waals surface area (Å²) in [4.78, 5) is 22.0. The van der Waals surface area contributed by atoms with Crippen LogP contribution in [0.4, 0.5) is 15.8 Å². The van der Waals surface area contributed by atoms with Gasteiger partial charge in [0.25, 0.3) is 5.91 Å². The van der Waals surface area contributed by atoms with Crippen LogP contribution in [-0.4, -0.2) is 17.4 Å². The average Bonchev–Trinajstić information content (AvgIpc) is 2.49. The van der Waals surface area contributed by atoms with Gasteiger partial charge in [-0.25, -0.2) is 0 Å². The molecule has 0 aliphatic heterocycles. The summed E-state index contributed by atoms with van der Waals surface area (Å²) in [5.74, 6) is -1.10. The number of hydrogen-bond acceptors (Lipinski definition) is 4. The van der Waals surface area contributed by atoms with E-state index in [4.69, 9.17) is 4.74 Å². The van der Waals surface area contributed by atoms with E-state index in [-0.39, 0.29) is 5.56 Å². The molecule has 0 atom stereocenters. The van der Waals surface area contributed by atoms with Crippen LogP contribution in [-0.2, 0) is 0 Å². The van der Waals surface area contributed by atoms with Gasteiger partial charge < -0.3 is 10.1 Å². The number of nitrogens with one attached hydrogen (secondary N) is 1. The molecule has 0 saturated heterocycles. The lowest BCUT2D eigenvalue weighted by molar-refractivity contribution is -0.387. The summed E-state index contributed by atoms with van der Waals surface area (Å²) < 4.78 is 18.7. The SMILES string of the molecule is CCOc1ccccc1NC(=O)c1ccc(F)c([N+](=O)[O-])c1. The minimum atomic E-state index is -0.990. The van der Waals surface area contributed by atoms with Crippen molar-refractivity contribution in [3.8, 4) is 5.75 Å². The zero-order chi connectivity index (χ0) is 16.1. The average molecular weight is 304 g/mol. The van der Waals surface area contributed by atoms with Gasteiger partial charge in [-0.05, 0) is 31.2 Å². The maximum absolute atomic E-state index is 13.3. The molecular weight excluding hydrogens is 291 g/mol. The van der Waals surface area contributed by atoms with E-state index in [0.29, 0.717) is 18.0 Å². The Hall–Kier alpha value is -2.96. The number of para-hydroxylation sites is 2. The number of nitro benzene ring substituents is 1. The molecule has 0 radical (unpaired) electrons. The zero-order valence-corrected chi connectivity index (χ0v) is 11.7. The van der Waals surface area contributed by atoms with Crippen LogP contribution in [0.5, 0.6) is 5.75 Å². The highest BCUT2D eigenvalue weighted by Gasteiger charge is 2.18. The summed E-state index contributed by atoms with van der Waals surface area (Å²) >= 11 is 0. The van der Waals surface area contributed by atoms with Crippen molar-refractivity contribution < 1.29 is 18.8 Å². The van der Waals surface area contributed by atoms with Crippen LogP contribution in [0.25, 0.3) is 0 Å². The lowest BCUT2D eigenvalue weighted by Crippen LogP contribution is -2.13. The van der Waals surface area contributed by atoms with Gasteiger partial charge in [-0.2, -0.15) is 4.39 Å². The monoisotopic (exact) mass is 304 g/mol. The molecule has 0 heterocycles. The lowest BCUT2D eigenvalue weighted by atomic mass is 10.1. The second kappa shape index (κ2) is 6.66. The molecule has 114 valence electrons.